The number of nitrogens with zero attached hydrogens (tertiary/aromatic N) is 2. The number of likely N-dealkylation sites (tertiary alicyclic amines) is 2. The van der Waals surface area contributed by atoms with E-state index < -0.39 is 65.9 Å². The summed E-state index contributed by atoms with van der Waals surface area (Å²) in [6.45, 7) is 10.5. The molecule has 2 aliphatic heterocycles. The maximum atomic E-state index is 13.6. The van der Waals surface area contributed by atoms with Crippen molar-refractivity contribution >= 4 is 41.9 Å². The van der Waals surface area contributed by atoms with E-state index in [9.17, 15) is 33.6 Å². The summed E-state index contributed by atoms with van der Waals surface area (Å²) in [4.78, 5) is 96.0. The van der Waals surface area contributed by atoms with Crippen molar-refractivity contribution < 1.29 is 66.7 Å². The highest BCUT2D eigenvalue weighted by Gasteiger charge is 2.41. The van der Waals surface area contributed by atoms with Crippen molar-refractivity contribution in [3.63, 3.8) is 0 Å². The third-order valence-electron chi connectivity index (χ3n) is 13.4. The van der Waals surface area contributed by atoms with Gasteiger partial charge in [0.05, 0.1) is 39.0 Å². The van der Waals surface area contributed by atoms with E-state index in [4.69, 9.17) is 33.2 Å². The minimum atomic E-state index is -0.798. The number of esters is 6. The molecule has 2 rings (SSSR count). The lowest BCUT2D eigenvalue weighted by molar-refractivity contribution is -0.154. The quantitative estimate of drug-likeness (QED) is 0.0318. The van der Waals surface area contributed by atoms with Crippen LogP contribution in [0.25, 0.3) is 0 Å². The molecule has 0 aromatic carbocycles. The molecule has 16 heteroatoms. The fourth-order valence-electron chi connectivity index (χ4n) is 9.11. The number of likely N-dealkylation sites (N-methyl/N-ethyl adjacent to an activating group) is 1. The second-order valence-corrected chi connectivity index (χ2v) is 20.5. The summed E-state index contributed by atoms with van der Waals surface area (Å²) in [5.74, 6) is -4.78. The van der Waals surface area contributed by atoms with Crippen molar-refractivity contribution in [2.45, 2.75) is 245 Å². The highest BCUT2D eigenvalue weighted by Crippen LogP contribution is 2.27. The van der Waals surface area contributed by atoms with E-state index in [1.807, 2.05) is 11.9 Å². The first-order valence-electron chi connectivity index (χ1n) is 28.5. The lowest BCUT2D eigenvalue weighted by Crippen LogP contribution is -2.52. The van der Waals surface area contributed by atoms with Crippen LogP contribution in [-0.4, -0.2) is 130 Å². The van der Waals surface area contributed by atoms with Crippen LogP contribution in [-0.2, 0) is 61.9 Å². The van der Waals surface area contributed by atoms with Crippen LogP contribution in [0.1, 0.15) is 227 Å². The number of hydrogen-bond donors (Lipinski definition) is 0. The Kier molecular flexibility index (Phi) is 36.9. The van der Waals surface area contributed by atoms with E-state index in [0.717, 1.165) is 128 Å². The van der Waals surface area contributed by atoms with Gasteiger partial charge in [0.25, 0.3) is 0 Å². The number of amides is 1. The molecule has 2 aliphatic rings. The number of carbonyl (C=O) groups excluding carboxylic acids is 7. The highest BCUT2D eigenvalue weighted by atomic mass is 16.6. The summed E-state index contributed by atoms with van der Waals surface area (Å²) in [6, 6.07) is -0.718. The summed E-state index contributed by atoms with van der Waals surface area (Å²) in [5.41, 5.74) is 0. The molecule has 72 heavy (non-hydrogen) atoms. The van der Waals surface area contributed by atoms with Crippen LogP contribution < -0.4 is 0 Å². The largest absolute Gasteiger partial charge is 0.466 e. The minimum Gasteiger partial charge on any atom is -0.466 e. The average Bonchev–Trinajstić information content (AvgIpc) is 3.73. The van der Waals surface area contributed by atoms with Crippen molar-refractivity contribution in [3.8, 4) is 0 Å². The van der Waals surface area contributed by atoms with Crippen LogP contribution in [0.15, 0.2) is 0 Å². The minimum absolute atomic E-state index is 0.0296. The van der Waals surface area contributed by atoms with E-state index in [1.165, 1.54) is 30.6 Å². The normalized spacial score (nSPS) is 15.8. The Morgan fingerprint density at radius 1 is 0.389 bits per heavy atom. The third-order valence-corrected chi connectivity index (χ3v) is 13.4. The average molecular weight is 1020 g/mol. The third kappa shape index (κ3) is 32.3. The summed E-state index contributed by atoms with van der Waals surface area (Å²) in [6.07, 6.45) is 22.0. The molecular formula is C56H98N2O14. The molecule has 16 nitrogen and oxygen atoms in total. The maximum Gasteiger partial charge on any atom is 0.410 e. The van der Waals surface area contributed by atoms with Crippen molar-refractivity contribution in [2.24, 2.45) is 11.8 Å². The number of carbonyl (C=O) groups is 7. The van der Waals surface area contributed by atoms with Crippen LogP contribution >= 0.6 is 0 Å². The first-order valence-corrected chi connectivity index (χ1v) is 28.5. The number of ether oxygens (including phenoxy) is 7. The van der Waals surface area contributed by atoms with Crippen molar-refractivity contribution in [2.75, 3.05) is 59.7 Å². The van der Waals surface area contributed by atoms with Gasteiger partial charge in [0.2, 0.25) is 0 Å². The maximum absolute atomic E-state index is 13.6. The molecule has 0 spiro atoms. The van der Waals surface area contributed by atoms with E-state index >= 15 is 0 Å². The molecule has 0 aromatic heterocycles. The molecule has 2 heterocycles. The van der Waals surface area contributed by atoms with Gasteiger partial charge < -0.3 is 33.2 Å². The highest BCUT2D eigenvalue weighted by molar-refractivity contribution is 5.78. The van der Waals surface area contributed by atoms with Crippen LogP contribution in [0.4, 0.5) is 4.79 Å². The lowest BCUT2D eigenvalue weighted by Gasteiger charge is -2.36. The van der Waals surface area contributed by atoms with Crippen LogP contribution in [0.3, 0.4) is 0 Å². The Labute approximate surface area is 433 Å². The Morgan fingerprint density at radius 3 is 1.06 bits per heavy atom. The van der Waals surface area contributed by atoms with Gasteiger partial charge in [0, 0.05) is 58.0 Å². The van der Waals surface area contributed by atoms with E-state index in [0.29, 0.717) is 13.1 Å². The fraction of sp³-hybridized carbons (Fsp3) is 0.875. The summed E-state index contributed by atoms with van der Waals surface area (Å²) < 4.78 is 39.4. The van der Waals surface area contributed by atoms with Gasteiger partial charge in [-0.3, -0.25) is 38.6 Å². The standard InChI is InChI=1S/C56H98N2O14/c1-6-10-14-18-22-26-30-66-50(59)34-45(35-51(60)67-31-27-23-19-15-11-7-2)38-54(63)70-44-47-40-48(43-58(47)56(65)72-49-41-57(5)42-49)71-55(64)39-46(36-52(61)68-32-28-24-20-16-12-8-3)37-53(62)69-33-29-25-21-17-13-9-4/h45-49H,6-44H2,1-5H3/t47-,48+/m0/s1. The number of hydrogen-bond acceptors (Lipinski definition) is 15. The Morgan fingerprint density at radius 2 is 0.708 bits per heavy atom. The zero-order chi connectivity index (χ0) is 52.6. The molecule has 2 saturated heterocycles. The van der Waals surface area contributed by atoms with E-state index in [-0.39, 0.29) is 90.6 Å². The van der Waals surface area contributed by atoms with E-state index in [1.54, 1.807) is 0 Å². The van der Waals surface area contributed by atoms with Gasteiger partial charge in [0.15, 0.2) is 0 Å². The monoisotopic (exact) mass is 1020 g/mol. The lowest BCUT2D eigenvalue weighted by atomic mass is 9.97. The predicted molar refractivity (Wildman–Crippen MR) is 276 cm³/mol. The van der Waals surface area contributed by atoms with Crippen molar-refractivity contribution in [1.29, 1.82) is 0 Å². The number of rotatable bonds is 44. The Hall–Kier alpha value is -3.95. The molecular weight excluding hydrogens is 925 g/mol. The van der Waals surface area contributed by atoms with Crippen molar-refractivity contribution in [3.05, 3.63) is 0 Å². The molecule has 0 unspecified atom stereocenters. The molecule has 0 saturated carbocycles. The smallest absolute Gasteiger partial charge is 0.410 e. The first kappa shape index (κ1) is 64.2. The van der Waals surface area contributed by atoms with Gasteiger partial charge in [-0.25, -0.2) is 4.79 Å². The van der Waals surface area contributed by atoms with Crippen LogP contribution in [0.2, 0.25) is 0 Å². The zero-order valence-corrected chi connectivity index (χ0v) is 45.6. The predicted octanol–water partition coefficient (Wildman–Crippen LogP) is 11.2. The fourth-order valence-corrected chi connectivity index (χ4v) is 9.11. The molecule has 0 aliphatic carbocycles. The van der Waals surface area contributed by atoms with Gasteiger partial charge in [-0.15, -0.1) is 0 Å². The topological polar surface area (TPSA) is 191 Å². The van der Waals surface area contributed by atoms with Crippen molar-refractivity contribution in [1.82, 2.24) is 9.80 Å². The molecule has 2 atom stereocenters. The summed E-state index contributed by atoms with van der Waals surface area (Å²) in [5, 5.41) is 0. The van der Waals surface area contributed by atoms with Gasteiger partial charge in [-0.1, -0.05) is 156 Å². The number of unbranched alkanes of at least 4 members (excludes halogenated alkanes) is 20. The Balaban J connectivity index is 2.09. The summed E-state index contributed by atoms with van der Waals surface area (Å²) in [7, 11) is 1.91. The molecule has 416 valence electrons. The van der Waals surface area contributed by atoms with Gasteiger partial charge in [0.1, 0.15) is 18.8 Å². The molecule has 0 aromatic rings. The zero-order valence-electron chi connectivity index (χ0n) is 45.6. The Bertz CT molecular complexity index is 1440. The van der Waals surface area contributed by atoms with E-state index in [2.05, 4.69) is 27.7 Å². The molecule has 0 bridgehead atoms. The van der Waals surface area contributed by atoms with Crippen LogP contribution in [0.5, 0.6) is 0 Å². The SMILES string of the molecule is CCCCCCCCOC(=O)CC(CC(=O)OCCCCCCCC)CC(=O)OC[C@@H]1C[C@@H](OC(=O)CC(CC(=O)OCCCCCCCC)CC(=O)OCCCCCCCC)CN1C(=O)OC1CN(C)C1. The molecule has 0 N–H and O–H groups in total. The molecule has 0 radical (unpaired) electrons. The molecule has 2 fully saturated rings. The van der Waals surface area contributed by atoms with Gasteiger partial charge >= 0.3 is 41.9 Å². The summed E-state index contributed by atoms with van der Waals surface area (Å²) >= 11 is 0. The van der Waals surface area contributed by atoms with Crippen LogP contribution in [0, 0.1) is 11.8 Å². The first-order chi connectivity index (χ1) is 34.9. The van der Waals surface area contributed by atoms with Gasteiger partial charge in [-0.05, 0) is 44.6 Å². The second kappa shape index (κ2) is 41.4. The molecule has 1 amide bonds. The second-order valence-electron chi connectivity index (χ2n) is 20.5. The van der Waals surface area contributed by atoms with Gasteiger partial charge in [-0.2, -0.15) is 0 Å².